The maximum absolute atomic E-state index is 13.5. The Kier molecular flexibility index (Phi) is 6.98. The summed E-state index contributed by atoms with van der Waals surface area (Å²) in [6.07, 6.45) is -2.14. The molecule has 1 saturated carbocycles. The quantitative estimate of drug-likeness (QED) is 0.664. The summed E-state index contributed by atoms with van der Waals surface area (Å²) in [5.41, 5.74) is 5.11. The molecule has 2 N–H and O–H groups in total. The van der Waals surface area contributed by atoms with Gasteiger partial charge < -0.3 is 5.73 Å². The number of nitrogens with zero attached hydrogens (tertiary/aromatic N) is 1. The van der Waals surface area contributed by atoms with E-state index in [1.54, 1.807) is 0 Å². The second-order valence-corrected chi connectivity index (χ2v) is 9.89. The van der Waals surface area contributed by atoms with Gasteiger partial charge in [-0.3, -0.25) is 4.79 Å². The molecule has 31 heavy (non-hydrogen) atoms. The smallest absolute Gasteiger partial charge is 0.369 e. The molecule has 2 aromatic rings. The third-order valence-corrected chi connectivity index (χ3v) is 7.64. The van der Waals surface area contributed by atoms with E-state index in [-0.39, 0.29) is 11.4 Å². The fraction of sp³-hybridized carbons (Fsp3) is 0.381. The number of sulfonamides is 1. The predicted molar refractivity (Wildman–Crippen MR) is 111 cm³/mol. The summed E-state index contributed by atoms with van der Waals surface area (Å²) in [7, 11) is -4.08. The number of nitrogens with two attached hydrogens (primary N) is 1. The van der Waals surface area contributed by atoms with Crippen LogP contribution < -0.4 is 5.73 Å². The summed E-state index contributed by atoms with van der Waals surface area (Å²) in [6.45, 7) is -0.183. The van der Waals surface area contributed by atoms with E-state index < -0.39 is 39.6 Å². The lowest BCUT2D eigenvalue weighted by Gasteiger charge is -2.38. The number of benzene rings is 2. The van der Waals surface area contributed by atoms with Gasteiger partial charge in [-0.05, 0) is 54.8 Å². The first-order valence-electron chi connectivity index (χ1n) is 9.73. The number of carbonyl (C=O) groups excluding carboxylic acids is 1. The second kappa shape index (κ2) is 9.18. The Morgan fingerprint density at radius 2 is 1.61 bits per heavy atom. The molecule has 5 nitrogen and oxygen atoms in total. The van der Waals surface area contributed by atoms with E-state index in [0.717, 1.165) is 18.6 Å². The van der Waals surface area contributed by atoms with Gasteiger partial charge in [-0.15, -0.1) is 0 Å². The highest BCUT2D eigenvalue weighted by Crippen LogP contribution is 2.34. The number of carbonyl (C=O) groups is 1. The fourth-order valence-electron chi connectivity index (χ4n) is 3.89. The Hall–Kier alpha value is -2.10. The molecule has 1 aliphatic carbocycles. The molecule has 168 valence electrons. The topological polar surface area (TPSA) is 80.5 Å². The first-order chi connectivity index (χ1) is 14.5. The number of primary amides is 1. The van der Waals surface area contributed by atoms with E-state index >= 15 is 0 Å². The Labute approximate surface area is 184 Å². The molecule has 1 fully saturated rings. The third-order valence-electron chi connectivity index (χ3n) is 5.50. The molecule has 0 spiro atoms. The van der Waals surface area contributed by atoms with Crippen molar-refractivity contribution >= 4 is 27.5 Å². The molecule has 2 atom stereocenters. The van der Waals surface area contributed by atoms with Crippen LogP contribution in [0.3, 0.4) is 0 Å². The Morgan fingerprint density at radius 3 is 2.16 bits per heavy atom. The van der Waals surface area contributed by atoms with Crippen molar-refractivity contribution in [3.8, 4) is 0 Å². The second-order valence-electron chi connectivity index (χ2n) is 7.56. The summed E-state index contributed by atoms with van der Waals surface area (Å²) < 4.78 is 66.8. The van der Waals surface area contributed by atoms with Crippen LogP contribution in [0.15, 0.2) is 53.4 Å². The van der Waals surface area contributed by atoms with Gasteiger partial charge in [-0.25, -0.2) is 8.42 Å². The van der Waals surface area contributed by atoms with Gasteiger partial charge in [-0.2, -0.15) is 17.5 Å². The molecule has 1 amide bonds. The molecule has 0 unspecified atom stereocenters. The lowest BCUT2D eigenvalue weighted by atomic mass is 9.84. The molecular formula is C21H22ClF3N2O3S. The van der Waals surface area contributed by atoms with Crippen LogP contribution in [-0.4, -0.2) is 24.7 Å². The summed E-state index contributed by atoms with van der Waals surface area (Å²) in [5.74, 6) is -1.27. The molecule has 1 aliphatic rings. The van der Waals surface area contributed by atoms with E-state index in [0.29, 0.717) is 29.8 Å². The van der Waals surface area contributed by atoms with E-state index in [2.05, 4.69) is 0 Å². The van der Waals surface area contributed by atoms with Crippen molar-refractivity contribution in [3.05, 3.63) is 64.7 Å². The van der Waals surface area contributed by atoms with Crippen molar-refractivity contribution in [2.24, 2.45) is 11.7 Å². The van der Waals surface area contributed by atoms with E-state index in [4.69, 9.17) is 17.3 Å². The molecule has 0 radical (unpaired) electrons. The van der Waals surface area contributed by atoms with Gasteiger partial charge in [0.05, 0.1) is 16.4 Å². The maximum atomic E-state index is 13.5. The van der Waals surface area contributed by atoms with Gasteiger partial charge in [0.2, 0.25) is 15.9 Å². The average Bonchev–Trinajstić information content (AvgIpc) is 2.72. The zero-order valence-electron chi connectivity index (χ0n) is 16.5. The fourth-order valence-corrected chi connectivity index (χ4v) is 5.69. The lowest BCUT2D eigenvalue weighted by Crippen LogP contribution is -2.49. The van der Waals surface area contributed by atoms with Crippen molar-refractivity contribution in [1.82, 2.24) is 4.31 Å². The molecule has 0 bridgehead atoms. The van der Waals surface area contributed by atoms with Crippen LogP contribution in [0.5, 0.6) is 0 Å². The first-order valence-corrected chi connectivity index (χ1v) is 11.5. The highest BCUT2D eigenvalue weighted by Gasteiger charge is 2.40. The van der Waals surface area contributed by atoms with Gasteiger partial charge in [0.15, 0.2) is 0 Å². The van der Waals surface area contributed by atoms with E-state index in [9.17, 15) is 26.4 Å². The number of hydrogen-bond donors (Lipinski definition) is 1. The van der Waals surface area contributed by atoms with Gasteiger partial charge in [0.25, 0.3) is 0 Å². The normalized spacial score (nSPS) is 20.0. The van der Waals surface area contributed by atoms with E-state index in [1.165, 1.54) is 40.7 Å². The lowest BCUT2D eigenvalue weighted by molar-refractivity contribution is -0.137. The minimum absolute atomic E-state index is 0.0161. The number of halogens is 4. The van der Waals surface area contributed by atoms with Gasteiger partial charge >= 0.3 is 6.18 Å². The van der Waals surface area contributed by atoms with Crippen LogP contribution in [0, 0.1) is 5.92 Å². The number of amides is 1. The SMILES string of the molecule is NC(=O)[C@@H]1CCCC[C@H]1N(Cc1ccc(C(F)(F)F)cc1)S(=O)(=O)c1ccc(Cl)cc1. The number of alkyl halides is 3. The molecule has 0 aromatic heterocycles. The predicted octanol–water partition coefficient (Wildman–Crippen LogP) is 4.59. The Bertz CT molecular complexity index is 1030. The number of rotatable bonds is 6. The van der Waals surface area contributed by atoms with Crippen LogP contribution in [0.25, 0.3) is 0 Å². The minimum atomic E-state index is -4.49. The zero-order valence-corrected chi connectivity index (χ0v) is 18.1. The zero-order chi connectivity index (χ0) is 22.8. The Morgan fingerprint density at radius 1 is 1.03 bits per heavy atom. The monoisotopic (exact) mass is 474 g/mol. The molecule has 0 heterocycles. The van der Waals surface area contributed by atoms with Crippen molar-refractivity contribution in [2.75, 3.05) is 0 Å². The molecule has 0 aliphatic heterocycles. The van der Waals surface area contributed by atoms with Crippen LogP contribution in [0.4, 0.5) is 13.2 Å². The molecule has 0 saturated heterocycles. The largest absolute Gasteiger partial charge is 0.416 e. The van der Waals surface area contributed by atoms with Gasteiger partial charge in [-0.1, -0.05) is 36.6 Å². The van der Waals surface area contributed by atoms with Crippen LogP contribution in [-0.2, 0) is 27.5 Å². The van der Waals surface area contributed by atoms with Crippen molar-refractivity contribution in [3.63, 3.8) is 0 Å². The molecule has 3 rings (SSSR count). The standard InChI is InChI=1S/C21H22ClF3N2O3S/c22-16-9-11-17(12-10-16)31(29,30)27(19-4-2-1-3-18(19)20(26)28)13-14-5-7-15(8-6-14)21(23,24)25/h5-12,18-19H,1-4,13H2,(H2,26,28)/t18-,19-/m1/s1. The van der Waals surface area contributed by atoms with Crippen molar-refractivity contribution in [1.29, 1.82) is 0 Å². The van der Waals surface area contributed by atoms with Crippen molar-refractivity contribution < 1.29 is 26.4 Å². The molecule has 10 heteroatoms. The van der Waals surface area contributed by atoms with Crippen LogP contribution >= 0.6 is 11.6 Å². The van der Waals surface area contributed by atoms with Gasteiger partial charge in [0.1, 0.15) is 0 Å². The first kappa shape index (κ1) is 23.6. The molecular weight excluding hydrogens is 453 g/mol. The summed E-state index contributed by atoms with van der Waals surface area (Å²) in [6, 6.07) is 9.23. The highest BCUT2D eigenvalue weighted by atomic mass is 35.5. The average molecular weight is 475 g/mol. The minimum Gasteiger partial charge on any atom is -0.369 e. The van der Waals surface area contributed by atoms with Gasteiger partial charge in [0, 0.05) is 17.6 Å². The molecule has 2 aromatic carbocycles. The maximum Gasteiger partial charge on any atom is 0.416 e. The summed E-state index contributed by atoms with van der Waals surface area (Å²) in [5, 5.41) is 0.362. The highest BCUT2D eigenvalue weighted by molar-refractivity contribution is 7.89. The van der Waals surface area contributed by atoms with E-state index in [1.807, 2.05) is 0 Å². The third kappa shape index (κ3) is 5.39. The Balaban J connectivity index is 2.01. The van der Waals surface area contributed by atoms with Crippen LogP contribution in [0.2, 0.25) is 5.02 Å². The van der Waals surface area contributed by atoms with Crippen molar-refractivity contribution in [2.45, 2.75) is 49.3 Å². The number of hydrogen-bond acceptors (Lipinski definition) is 3. The summed E-state index contributed by atoms with van der Waals surface area (Å²) in [4.78, 5) is 12.0. The van der Waals surface area contributed by atoms with Crippen LogP contribution in [0.1, 0.15) is 36.8 Å². The summed E-state index contributed by atoms with van der Waals surface area (Å²) >= 11 is 5.87.